The van der Waals surface area contributed by atoms with Gasteiger partial charge < -0.3 is 15.4 Å². The molecular formula is C16H30N2O2. The fourth-order valence-corrected chi connectivity index (χ4v) is 3.24. The minimum atomic E-state index is -0.263. The lowest BCUT2D eigenvalue weighted by Gasteiger charge is -2.43. The number of nitrogens with two attached hydrogens (primary N) is 1. The van der Waals surface area contributed by atoms with Crippen molar-refractivity contribution in [2.24, 2.45) is 11.1 Å². The SMILES string of the molecule is CC1(C)CCC(CN)(OCC(=O)N2CCCCC2)CC1. The summed E-state index contributed by atoms with van der Waals surface area (Å²) in [5.74, 6) is 0.141. The summed E-state index contributed by atoms with van der Waals surface area (Å²) in [6.45, 7) is 7.11. The van der Waals surface area contributed by atoms with Crippen LogP contribution in [-0.2, 0) is 9.53 Å². The third-order valence-corrected chi connectivity index (χ3v) is 5.10. The molecule has 2 N–H and O–H groups in total. The average Bonchev–Trinajstić information content (AvgIpc) is 2.47. The molecule has 0 aromatic rings. The van der Waals surface area contributed by atoms with Crippen molar-refractivity contribution in [1.29, 1.82) is 0 Å². The monoisotopic (exact) mass is 282 g/mol. The number of carbonyl (C=O) groups excluding carboxylic acids is 1. The number of rotatable bonds is 4. The summed E-state index contributed by atoms with van der Waals surface area (Å²) in [4.78, 5) is 14.1. The standard InChI is InChI=1S/C16H30N2O2/c1-15(2)6-8-16(13-17,9-7-15)20-12-14(19)18-10-4-3-5-11-18/h3-13,17H2,1-2H3. The number of nitrogens with zero attached hydrogens (tertiary/aromatic N) is 1. The molecule has 1 heterocycles. The molecule has 1 aliphatic carbocycles. The fraction of sp³-hybridized carbons (Fsp3) is 0.938. The molecule has 1 aliphatic heterocycles. The Morgan fingerprint density at radius 3 is 2.25 bits per heavy atom. The second-order valence-corrected chi connectivity index (χ2v) is 7.28. The normalized spacial score (nSPS) is 25.4. The Morgan fingerprint density at radius 1 is 1.10 bits per heavy atom. The zero-order valence-electron chi connectivity index (χ0n) is 13.1. The van der Waals surface area contributed by atoms with Gasteiger partial charge in [0.25, 0.3) is 0 Å². The van der Waals surface area contributed by atoms with Crippen molar-refractivity contribution in [2.45, 2.75) is 64.4 Å². The maximum atomic E-state index is 12.2. The molecule has 2 rings (SSSR count). The molecule has 4 heteroatoms. The maximum Gasteiger partial charge on any atom is 0.248 e. The molecule has 1 saturated carbocycles. The van der Waals surface area contributed by atoms with E-state index in [4.69, 9.17) is 10.5 Å². The number of hydrogen-bond donors (Lipinski definition) is 1. The van der Waals surface area contributed by atoms with E-state index in [1.165, 1.54) is 6.42 Å². The van der Waals surface area contributed by atoms with E-state index in [9.17, 15) is 4.79 Å². The Kier molecular flexibility index (Phi) is 5.08. The van der Waals surface area contributed by atoms with Gasteiger partial charge >= 0.3 is 0 Å². The molecule has 0 aromatic heterocycles. The highest BCUT2D eigenvalue weighted by atomic mass is 16.5. The van der Waals surface area contributed by atoms with Crippen LogP contribution in [0.3, 0.4) is 0 Å². The third-order valence-electron chi connectivity index (χ3n) is 5.10. The first-order valence-electron chi connectivity index (χ1n) is 8.08. The highest BCUT2D eigenvalue weighted by Gasteiger charge is 2.38. The highest BCUT2D eigenvalue weighted by molar-refractivity contribution is 5.77. The Labute approximate surface area is 123 Å². The lowest BCUT2D eigenvalue weighted by atomic mass is 9.71. The summed E-state index contributed by atoms with van der Waals surface area (Å²) in [5.41, 5.74) is 6.07. The van der Waals surface area contributed by atoms with Gasteiger partial charge in [-0.25, -0.2) is 0 Å². The molecule has 2 aliphatic rings. The number of ether oxygens (including phenoxy) is 1. The number of amides is 1. The average molecular weight is 282 g/mol. The minimum Gasteiger partial charge on any atom is -0.364 e. The van der Waals surface area contributed by atoms with Gasteiger partial charge in [0, 0.05) is 19.6 Å². The summed E-state index contributed by atoms with van der Waals surface area (Å²) in [7, 11) is 0. The van der Waals surface area contributed by atoms with Gasteiger partial charge in [0.2, 0.25) is 5.91 Å². The maximum absolute atomic E-state index is 12.2. The van der Waals surface area contributed by atoms with Gasteiger partial charge in [-0.05, 0) is 50.4 Å². The molecular weight excluding hydrogens is 252 g/mol. The van der Waals surface area contributed by atoms with Crippen molar-refractivity contribution in [2.75, 3.05) is 26.2 Å². The number of piperidine rings is 1. The summed E-state index contributed by atoms with van der Waals surface area (Å²) in [6, 6.07) is 0. The molecule has 2 fully saturated rings. The van der Waals surface area contributed by atoms with Crippen LogP contribution in [0.5, 0.6) is 0 Å². The van der Waals surface area contributed by atoms with E-state index in [1.54, 1.807) is 0 Å². The second kappa shape index (κ2) is 6.44. The van der Waals surface area contributed by atoms with E-state index in [-0.39, 0.29) is 18.1 Å². The highest BCUT2D eigenvalue weighted by Crippen LogP contribution is 2.41. The van der Waals surface area contributed by atoms with Gasteiger partial charge in [-0.2, -0.15) is 0 Å². The Bertz CT molecular complexity index is 325. The Hall–Kier alpha value is -0.610. The first-order valence-corrected chi connectivity index (χ1v) is 8.08. The lowest BCUT2D eigenvalue weighted by molar-refractivity contribution is -0.148. The van der Waals surface area contributed by atoms with Gasteiger partial charge in [-0.15, -0.1) is 0 Å². The van der Waals surface area contributed by atoms with Crippen LogP contribution in [0, 0.1) is 5.41 Å². The van der Waals surface area contributed by atoms with E-state index in [1.807, 2.05) is 4.90 Å². The van der Waals surface area contributed by atoms with Crippen molar-refractivity contribution >= 4 is 5.91 Å². The van der Waals surface area contributed by atoms with E-state index >= 15 is 0 Å². The molecule has 20 heavy (non-hydrogen) atoms. The number of carbonyl (C=O) groups is 1. The van der Waals surface area contributed by atoms with Gasteiger partial charge in [-0.3, -0.25) is 4.79 Å². The van der Waals surface area contributed by atoms with Crippen LogP contribution < -0.4 is 5.73 Å². The van der Waals surface area contributed by atoms with Crippen molar-refractivity contribution < 1.29 is 9.53 Å². The van der Waals surface area contributed by atoms with Crippen LogP contribution in [0.1, 0.15) is 58.8 Å². The second-order valence-electron chi connectivity index (χ2n) is 7.28. The van der Waals surface area contributed by atoms with E-state index in [0.29, 0.717) is 12.0 Å². The fourth-order valence-electron chi connectivity index (χ4n) is 3.24. The Balaban J connectivity index is 1.83. The zero-order valence-corrected chi connectivity index (χ0v) is 13.1. The van der Waals surface area contributed by atoms with Crippen LogP contribution in [0.2, 0.25) is 0 Å². The van der Waals surface area contributed by atoms with Crippen LogP contribution in [0.25, 0.3) is 0 Å². The van der Waals surface area contributed by atoms with Gasteiger partial charge in [0.1, 0.15) is 6.61 Å². The minimum absolute atomic E-state index is 0.141. The molecule has 116 valence electrons. The number of likely N-dealkylation sites (tertiary alicyclic amines) is 1. The molecule has 0 atom stereocenters. The molecule has 1 saturated heterocycles. The van der Waals surface area contributed by atoms with Gasteiger partial charge in [0.15, 0.2) is 0 Å². The molecule has 0 radical (unpaired) electrons. The summed E-state index contributed by atoms with van der Waals surface area (Å²) in [6.07, 6.45) is 7.70. The number of hydrogen-bond acceptors (Lipinski definition) is 3. The van der Waals surface area contributed by atoms with Crippen LogP contribution in [0.15, 0.2) is 0 Å². The van der Waals surface area contributed by atoms with E-state index in [2.05, 4.69) is 13.8 Å². The summed E-state index contributed by atoms with van der Waals surface area (Å²) in [5, 5.41) is 0. The largest absolute Gasteiger partial charge is 0.364 e. The molecule has 1 amide bonds. The summed E-state index contributed by atoms with van der Waals surface area (Å²) < 4.78 is 6.01. The molecule has 0 spiro atoms. The molecule has 0 aromatic carbocycles. The first kappa shape index (κ1) is 15.8. The van der Waals surface area contributed by atoms with E-state index < -0.39 is 0 Å². The van der Waals surface area contributed by atoms with Crippen LogP contribution in [-0.4, -0.2) is 42.6 Å². The van der Waals surface area contributed by atoms with E-state index in [0.717, 1.165) is 51.6 Å². The van der Waals surface area contributed by atoms with Crippen LogP contribution >= 0.6 is 0 Å². The predicted molar refractivity (Wildman–Crippen MR) is 80.4 cm³/mol. The quantitative estimate of drug-likeness (QED) is 0.861. The van der Waals surface area contributed by atoms with Crippen molar-refractivity contribution in [3.8, 4) is 0 Å². The Morgan fingerprint density at radius 2 is 1.70 bits per heavy atom. The lowest BCUT2D eigenvalue weighted by Crippen LogP contribution is -2.48. The van der Waals surface area contributed by atoms with Crippen molar-refractivity contribution in [1.82, 2.24) is 4.90 Å². The van der Waals surface area contributed by atoms with Gasteiger partial charge in [0.05, 0.1) is 5.60 Å². The third kappa shape index (κ3) is 3.95. The molecule has 0 bridgehead atoms. The molecule has 4 nitrogen and oxygen atoms in total. The summed E-state index contributed by atoms with van der Waals surface area (Å²) >= 11 is 0. The zero-order chi connectivity index (χ0) is 14.6. The van der Waals surface area contributed by atoms with Crippen LogP contribution in [0.4, 0.5) is 0 Å². The van der Waals surface area contributed by atoms with Crippen molar-refractivity contribution in [3.63, 3.8) is 0 Å². The smallest absolute Gasteiger partial charge is 0.248 e. The topological polar surface area (TPSA) is 55.6 Å². The van der Waals surface area contributed by atoms with Gasteiger partial charge in [-0.1, -0.05) is 13.8 Å². The molecule has 0 unspecified atom stereocenters. The van der Waals surface area contributed by atoms with Crippen molar-refractivity contribution in [3.05, 3.63) is 0 Å². The first-order chi connectivity index (χ1) is 9.46. The predicted octanol–water partition coefficient (Wildman–Crippen LogP) is 2.31.